The highest BCUT2D eigenvalue weighted by Crippen LogP contribution is 2.16. The van der Waals surface area contributed by atoms with Gasteiger partial charge in [-0.2, -0.15) is 0 Å². The Balaban J connectivity index is 2.61. The van der Waals surface area contributed by atoms with Crippen LogP contribution in [0.3, 0.4) is 0 Å². The monoisotopic (exact) mass is 356 g/mol. The quantitative estimate of drug-likeness (QED) is 0.698. The molecule has 1 aromatic carbocycles. The summed E-state index contributed by atoms with van der Waals surface area (Å²) in [4.78, 5) is 13.4. The van der Waals surface area contributed by atoms with E-state index in [2.05, 4.69) is 4.72 Å². The number of unbranched alkanes of at least 4 members (excludes halogenated alkanes) is 1. The Morgan fingerprint density at radius 3 is 2.33 bits per heavy atom. The van der Waals surface area contributed by atoms with Gasteiger partial charge in [0.05, 0.1) is 11.0 Å². The molecule has 0 saturated heterocycles. The average molecular weight is 356 g/mol. The van der Waals surface area contributed by atoms with Gasteiger partial charge < -0.3 is 9.64 Å². The van der Waals surface area contributed by atoms with Crippen LogP contribution in [-0.4, -0.2) is 45.0 Å². The second-order valence-corrected chi connectivity index (χ2v) is 7.66. The van der Waals surface area contributed by atoms with Gasteiger partial charge in [0.15, 0.2) is 0 Å². The normalized spacial score (nSPS) is 11.5. The minimum atomic E-state index is -3.59. The second kappa shape index (κ2) is 9.64. The third-order valence-electron chi connectivity index (χ3n) is 3.41. The van der Waals surface area contributed by atoms with E-state index in [0.717, 1.165) is 12.8 Å². The summed E-state index contributed by atoms with van der Waals surface area (Å²) in [5.74, 6) is 0.587. The highest BCUT2D eigenvalue weighted by Gasteiger charge is 2.15. The summed E-state index contributed by atoms with van der Waals surface area (Å²) in [5.41, 5.74) is 0. The minimum Gasteiger partial charge on any atom is -0.491 e. The molecular weight excluding hydrogens is 328 g/mol. The maximum Gasteiger partial charge on any atom is 0.240 e. The first-order chi connectivity index (χ1) is 11.3. The predicted molar refractivity (Wildman–Crippen MR) is 94.6 cm³/mol. The van der Waals surface area contributed by atoms with Crippen LogP contribution >= 0.6 is 0 Å². The number of carbonyl (C=O) groups is 1. The van der Waals surface area contributed by atoms with Gasteiger partial charge in [-0.15, -0.1) is 0 Å². The summed E-state index contributed by atoms with van der Waals surface area (Å²) in [7, 11) is -3.59. The van der Waals surface area contributed by atoms with Crippen LogP contribution in [-0.2, 0) is 14.8 Å². The van der Waals surface area contributed by atoms with E-state index < -0.39 is 10.0 Å². The van der Waals surface area contributed by atoms with Crippen molar-refractivity contribution in [2.45, 2.75) is 51.5 Å². The summed E-state index contributed by atoms with van der Waals surface area (Å²) in [5, 5.41) is 0. The highest BCUT2D eigenvalue weighted by atomic mass is 32.2. The molecule has 0 aliphatic carbocycles. The van der Waals surface area contributed by atoms with Crippen molar-refractivity contribution in [3.63, 3.8) is 0 Å². The van der Waals surface area contributed by atoms with E-state index in [1.54, 1.807) is 17.0 Å². The molecule has 1 rings (SSSR count). The van der Waals surface area contributed by atoms with Crippen molar-refractivity contribution in [2.24, 2.45) is 0 Å². The lowest BCUT2D eigenvalue weighted by Crippen LogP contribution is -2.38. The minimum absolute atomic E-state index is 0.0336. The number of ether oxygens (including phenoxy) is 1. The van der Waals surface area contributed by atoms with Crippen molar-refractivity contribution < 1.29 is 17.9 Å². The molecule has 0 aromatic heterocycles. The Morgan fingerprint density at radius 1 is 1.21 bits per heavy atom. The molecule has 7 heteroatoms. The number of benzene rings is 1. The number of nitrogens with one attached hydrogen (secondary N) is 1. The number of sulfonamides is 1. The van der Waals surface area contributed by atoms with Crippen molar-refractivity contribution in [2.75, 3.05) is 19.6 Å². The molecule has 24 heavy (non-hydrogen) atoms. The summed E-state index contributed by atoms with van der Waals surface area (Å²) < 4.78 is 32.6. The number of hydrogen-bond donors (Lipinski definition) is 1. The van der Waals surface area contributed by atoms with Crippen molar-refractivity contribution in [1.29, 1.82) is 0 Å². The van der Waals surface area contributed by atoms with E-state index in [-0.39, 0.29) is 23.5 Å². The molecule has 136 valence electrons. The third kappa shape index (κ3) is 6.88. The molecule has 1 aromatic rings. The van der Waals surface area contributed by atoms with Crippen LogP contribution in [0.25, 0.3) is 0 Å². The fraction of sp³-hybridized carbons (Fsp3) is 0.588. The van der Waals surface area contributed by atoms with Crippen LogP contribution in [0.15, 0.2) is 29.2 Å². The summed E-state index contributed by atoms with van der Waals surface area (Å²) >= 11 is 0. The number of nitrogens with zero attached hydrogens (tertiary/aromatic N) is 1. The molecule has 0 bridgehead atoms. The maximum absolute atomic E-state index is 12.3. The molecule has 6 nitrogen and oxygen atoms in total. The van der Waals surface area contributed by atoms with Crippen molar-refractivity contribution in [1.82, 2.24) is 9.62 Å². The van der Waals surface area contributed by atoms with Gasteiger partial charge in [-0.1, -0.05) is 13.3 Å². The van der Waals surface area contributed by atoms with Gasteiger partial charge in [0.1, 0.15) is 5.75 Å². The molecule has 0 aliphatic rings. The Kier molecular flexibility index (Phi) is 8.21. The van der Waals surface area contributed by atoms with E-state index in [9.17, 15) is 13.2 Å². The van der Waals surface area contributed by atoms with Gasteiger partial charge in [0.2, 0.25) is 15.9 Å². The molecule has 0 fully saturated rings. The average Bonchev–Trinajstić information content (AvgIpc) is 2.50. The number of hydrogen-bond acceptors (Lipinski definition) is 4. The molecular formula is C17H28N2O4S. The Hall–Kier alpha value is -1.60. The number of carbonyl (C=O) groups excluding carboxylic acids is 1. The summed E-state index contributed by atoms with van der Waals surface area (Å²) in [6, 6.07) is 6.30. The van der Waals surface area contributed by atoms with Gasteiger partial charge in [0, 0.05) is 26.6 Å². The van der Waals surface area contributed by atoms with Gasteiger partial charge >= 0.3 is 0 Å². The first kappa shape index (κ1) is 20.4. The van der Waals surface area contributed by atoms with E-state index in [1.807, 2.05) is 20.8 Å². The zero-order valence-electron chi connectivity index (χ0n) is 14.9. The van der Waals surface area contributed by atoms with Crippen LogP contribution in [0, 0.1) is 0 Å². The lowest BCUT2D eigenvalue weighted by molar-refractivity contribution is -0.128. The fourth-order valence-electron chi connectivity index (χ4n) is 2.14. The smallest absolute Gasteiger partial charge is 0.240 e. The largest absolute Gasteiger partial charge is 0.491 e. The standard InChI is InChI=1S/C17H28N2O4S/c1-5-6-12-19(15(4)20)13-11-18-24(21,22)17-9-7-16(8-10-17)23-14(2)3/h7-10,14,18H,5-6,11-13H2,1-4H3. The summed E-state index contributed by atoms with van der Waals surface area (Å²) in [6.07, 6.45) is 1.93. The van der Waals surface area contributed by atoms with E-state index in [1.165, 1.54) is 19.1 Å². The Labute approximate surface area is 145 Å². The molecule has 0 saturated carbocycles. The van der Waals surface area contributed by atoms with Crippen molar-refractivity contribution >= 4 is 15.9 Å². The summed E-state index contributed by atoms with van der Waals surface area (Å²) in [6.45, 7) is 8.57. The third-order valence-corrected chi connectivity index (χ3v) is 4.88. The van der Waals surface area contributed by atoms with E-state index in [0.29, 0.717) is 18.8 Å². The first-order valence-electron chi connectivity index (χ1n) is 8.28. The van der Waals surface area contributed by atoms with Gasteiger partial charge in [-0.05, 0) is 44.5 Å². The molecule has 0 spiro atoms. The van der Waals surface area contributed by atoms with Crippen molar-refractivity contribution in [3.05, 3.63) is 24.3 Å². The Morgan fingerprint density at radius 2 is 1.83 bits per heavy atom. The molecule has 0 radical (unpaired) electrons. The predicted octanol–water partition coefficient (Wildman–Crippen LogP) is 2.40. The second-order valence-electron chi connectivity index (χ2n) is 5.90. The molecule has 0 atom stereocenters. The zero-order chi connectivity index (χ0) is 18.2. The van der Waals surface area contributed by atoms with E-state index >= 15 is 0 Å². The zero-order valence-corrected chi connectivity index (χ0v) is 15.7. The van der Waals surface area contributed by atoms with Crippen LogP contribution < -0.4 is 9.46 Å². The molecule has 0 heterocycles. The van der Waals surface area contributed by atoms with Crippen molar-refractivity contribution in [3.8, 4) is 5.75 Å². The topological polar surface area (TPSA) is 75.7 Å². The van der Waals surface area contributed by atoms with Gasteiger partial charge in [-0.25, -0.2) is 13.1 Å². The maximum atomic E-state index is 12.3. The molecule has 0 unspecified atom stereocenters. The molecule has 1 N–H and O–H groups in total. The lowest BCUT2D eigenvalue weighted by Gasteiger charge is -2.21. The van der Waals surface area contributed by atoms with Crippen LogP contribution in [0.4, 0.5) is 0 Å². The van der Waals surface area contributed by atoms with Crippen LogP contribution in [0.1, 0.15) is 40.5 Å². The van der Waals surface area contributed by atoms with Crippen LogP contribution in [0.2, 0.25) is 0 Å². The fourth-order valence-corrected chi connectivity index (χ4v) is 3.16. The van der Waals surface area contributed by atoms with Gasteiger partial charge in [0.25, 0.3) is 0 Å². The number of rotatable bonds is 10. The highest BCUT2D eigenvalue weighted by molar-refractivity contribution is 7.89. The number of amides is 1. The lowest BCUT2D eigenvalue weighted by atomic mass is 10.3. The van der Waals surface area contributed by atoms with Crippen LogP contribution in [0.5, 0.6) is 5.75 Å². The first-order valence-corrected chi connectivity index (χ1v) is 9.76. The van der Waals surface area contributed by atoms with Gasteiger partial charge in [-0.3, -0.25) is 4.79 Å². The molecule has 1 amide bonds. The SMILES string of the molecule is CCCCN(CCNS(=O)(=O)c1ccc(OC(C)C)cc1)C(C)=O. The van der Waals surface area contributed by atoms with E-state index in [4.69, 9.17) is 4.74 Å². The Bertz CT molecular complexity index is 612. The molecule has 0 aliphatic heterocycles.